The van der Waals surface area contributed by atoms with Crippen LogP contribution in [0, 0.1) is 11.7 Å². The second kappa shape index (κ2) is 9.24. The summed E-state index contributed by atoms with van der Waals surface area (Å²) >= 11 is 5.69. The van der Waals surface area contributed by atoms with E-state index in [2.05, 4.69) is 42.5 Å². The van der Waals surface area contributed by atoms with Gasteiger partial charge >= 0.3 is 0 Å². The maximum atomic E-state index is 5.69. The van der Waals surface area contributed by atoms with E-state index in [0.29, 0.717) is 6.67 Å². The van der Waals surface area contributed by atoms with Crippen molar-refractivity contribution in [1.29, 1.82) is 0 Å². The highest BCUT2D eigenvalue weighted by Crippen LogP contribution is 2.30. The van der Waals surface area contributed by atoms with Crippen molar-refractivity contribution in [2.45, 2.75) is 33.6 Å². The summed E-state index contributed by atoms with van der Waals surface area (Å²) < 4.78 is 15.5. The minimum absolute atomic E-state index is 0.597. The lowest BCUT2D eigenvalue weighted by atomic mass is 10.1. The van der Waals surface area contributed by atoms with Gasteiger partial charge in [0.05, 0.1) is 20.9 Å². The monoisotopic (exact) mass is 412 g/mol. The predicted molar refractivity (Wildman–Crippen MR) is 118 cm³/mol. The first-order valence-electron chi connectivity index (χ1n) is 9.61. The Morgan fingerprint density at radius 1 is 1.07 bits per heavy atom. The average Bonchev–Trinajstić information content (AvgIpc) is 3.04. The molecule has 0 saturated carbocycles. The Bertz CT molecular complexity index is 1030. The van der Waals surface area contributed by atoms with Crippen molar-refractivity contribution in [3.63, 3.8) is 0 Å². The van der Waals surface area contributed by atoms with Crippen LogP contribution in [0.4, 0.5) is 0 Å². The van der Waals surface area contributed by atoms with Gasteiger partial charge in [0.2, 0.25) is 0 Å². The third kappa shape index (κ3) is 4.52. The van der Waals surface area contributed by atoms with Crippen LogP contribution in [0.25, 0.3) is 11.4 Å². The molecule has 0 bridgehead atoms. The van der Waals surface area contributed by atoms with Crippen molar-refractivity contribution >= 4 is 12.2 Å². The van der Waals surface area contributed by atoms with E-state index in [1.54, 1.807) is 14.2 Å². The molecule has 1 aromatic heterocycles. The molecule has 0 unspecified atom stereocenters. The third-order valence-corrected chi connectivity index (χ3v) is 5.36. The van der Waals surface area contributed by atoms with Crippen molar-refractivity contribution in [3.8, 4) is 22.9 Å². The molecule has 0 radical (unpaired) electrons. The lowest BCUT2D eigenvalue weighted by Crippen LogP contribution is -2.23. The van der Waals surface area contributed by atoms with Crippen LogP contribution >= 0.6 is 12.2 Å². The average molecular weight is 413 g/mol. The first-order chi connectivity index (χ1) is 14.0. The molecular formula is C22H28N4O2S. The van der Waals surface area contributed by atoms with Crippen molar-refractivity contribution in [3.05, 3.63) is 58.4 Å². The maximum absolute atomic E-state index is 5.69. The Labute approximate surface area is 177 Å². The summed E-state index contributed by atoms with van der Waals surface area (Å²) in [6.07, 6.45) is 0. The van der Waals surface area contributed by atoms with Crippen molar-refractivity contribution in [1.82, 2.24) is 19.2 Å². The van der Waals surface area contributed by atoms with Crippen LogP contribution < -0.4 is 9.47 Å². The number of aromatic nitrogens is 3. The highest BCUT2D eigenvalue weighted by atomic mass is 32.1. The molecule has 0 amide bonds. The predicted octanol–water partition coefficient (Wildman–Crippen LogP) is 4.52. The Hall–Kier alpha value is -2.64. The van der Waals surface area contributed by atoms with Crippen LogP contribution in [0.3, 0.4) is 0 Å². The number of rotatable bonds is 8. The molecule has 6 nitrogen and oxygen atoms in total. The van der Waals surface area contributed by atoms with Gasteiger partial charge < -0.3 is 14.0 Å². The molecule has 0 atom stereocenters. The van der Waals surface area contributed by atoms with E-state index in [-0.39, 0.29) is 0 Å². The smallest absolute Gasteiger partial charge is 0.199 e. The quantitative estimate of drug-likeness (QED) is 0.509. The molecule has 3 rings (SSSR count). The van der Waals surface area contributed by atoms with Crippen LogP contribution in [0.2, 0.25) is 0 Å². The topological polar surface area (TPSA) is 44.5 Å². The van der Waals surface area contributed by atoms with Crippen molar-refractivity contribution in [2.75, 3.05) is 21.3 Å². The number of benzene rings is 2. The second-order valence-electron chi connectivity index (χ2n) is 7.01. The third-order valence-electron chi connectivity index (χ3n) is 4.93. The first kappa shape index (κ1) is 21.1. The fourth-order valence-corrected chi connectivity index (χ4v) is 3.70. The zero-order valence-electron chi connectivity index (χ0n) is 17.7. The number of ether oxygens (including phenoxy) is 2. The SMILES string of the molecule is CCn1c(-c2ccccc2)nn(CN(C)Cc2cc(OC)c(OC)cc2C)c1=S. The van der Waals surface area contributed by atoms with Gasteiger partial charge in [-0.25, -0.2) is 4.68 Å². The standard InChI is InChI=1S/C22H28N4O2S/c1-6-25-21(17-10-8-7-9-11-17)23-26(22(25)29)15-24(3)14-18-13-20(28-5)19(27-4)12-16(18)2/h7-13H,6,14-15H2,1-5H3. The Morgan fingerprint density at radius 2 is 1.72 bits per heavy atom. The summed E-state index contributed by atoms with van der Waals surface area (Å²) in [4.78, 5) is 2.19. The van der Waals surface area contributed by atoms with Gasteiger partial charge in [0.15, 0.2) is 22.1 Å². The van der Waals surface area contributed by atoms with Gasteiger partial charge in [-0.15, -0.1) is 0 Å². The van der Waals surface area contributed by atoms with Gasteiger partial charge in [0.1, 0.15) is 0 Å². The normalized spacial score (nSPS) is 11.1. The number of hydrogen-bond donors (Lipinski definition) is 0. The van der Waals surface area contributed by atoms with Gasteiger partial charge in [0.25, 0.3) is 0 Å². The fourth-order valence-electron chi connectivity index (χ4n) is 3.38. The summed E-state index contributed by atoms with van der Waals surface area (Å²) in [5, 5.41) is 4.81. The molecule has 3 aromatic rings. The van der Waals surface area contributed by atoms with Gasteiger partial charge in [-0.2, -0.15) is 5.10 Å². The largest absolute Gasteiger partial charge is 0.493 e. The van der Waals surface area contributed by atoms with Crippen LogP contribution in [-0.2, 0) is 19.8 Å². The molecule has 0 N–H and O–H groups in total. The lowest BCUT2D eigenvalue weighted by molar-refractivity contribution is 0.243. The molecule has 154 valence electrons. The van der Waals surface area contributed by atoms with Gasteiger partial charge in [-0.1, -0.05) is 30.3 Å². The van der Waals surface area contributed by atoms with Gasteiger partial charge in [0, 0.05) is 18.7 Å². The minimum atomic E-state index is 0.597. The van der Waals surface area contributed by atoms with E-state index >= 15 is 0 Å². The van der Waals surface area contributed by atoms with E-state index in [4.69, 9.17) is 26.8 Å². The molecular weight excluding hydrogens is 384 g/mol. The summed E-state index contributed by atoms with van der Waals surface area (Å²) in [5.41, 5.74) is 3.40. The van der Waals surface area contributed by atoms with Crippen LogP contribution in [0.1, 0.15) is 18.1 Å². The van der Waals surface area contributed by atoms with E-state index in [9.17, 15) is 0 Å². The number of hydrogen-bond acceptors (Lipinski definition) is 5. The molecule has 1 heterocycles. The summed E-state index contributed by atoms with van der Waals surface area (Å²) in [7, 11) is 5.37. The summed E-state index contributed by atoms with van der Waals surface area (Å²) in [6.45, 7) is 6.29. The van der Waals surface area contributed by atoms with Crippen LogP contribution in [0.5, 0.6) is 11.5 Å². The highest BCUT2D eigenvalue weighted by Gasteiger charge is 2.14. The highest BCUT2D eigenvalue weighted by molar-refractivity contribution is 7.71. The van der Waals surface area contributed by atoms with E-state index in [1.807, 2.05) is 35.0 Å². The van der Waals surface area contributed by atoms with Crippen molar-refractivity contribution in [2.24, 2.45) is 0 Å². The molecule has 0 aliphatic carbocycles. The molecule has 7 heteroatoms. The zero-order valence-corrected chi connectivity index (χ0v) is 18.5. The van der Waals surface area contributed by atoms with E-state index in [1.165, 1.54) is 5.56 Å². The van der Waals surface area contributed by atoms with E-state index in [0.717, 1.165) is 46.3 Å². The lowest BCUT2D eigenvalue weighted by Gasteiger charge is -2.19. The molecule has 0 aliphatic rings. The molecule has 2 aromatic carbocycles. The second-order valence-corrected chi connectivity index (χ2v) is 7.37. The summed E-state index contributed by atoms with van der Waals surface area (Å²) in [5.74, 6) is 2.38. The zero-order chi connectivity index (χ0) is 21.0. The summed E-state index contributed by atoms with van der Waals surface area (Å²) in [6, 6.07) is 14.2. The number of methoxy groups -OCH3 is 2. The maximum Gasteiger partial charge on any atom is 0.199 e. The molecule has 0 saturated heterocycles. The Balaban J connectivity index is 1.84. The first-order valence-corrected chi connectivity index (χ1v) is 10.0. The molecule has 0 aliphatic heterocycles. The van der Waals surface area contributed by atoms with Gasteiger partial charge in [-0.3, -0.25) is 4.90 Å². The number of aryl methyl sites for hydroxylation is 1. The molecule has 0 fully saturated rings. The Kier molecular flexibility index (Phi) is 6.71. The Morgan fingerprint density at radius 3 is 2.34 bits per heavy atom. The van der Waals surface area contributed by atoms with Crippen LogP contribution in [-0.4, -0.2) is 40.5 Å². The fraction of sp³-hybridized carbons (Fsp3) is 0.364. The van der Waals surface area contributed by atoms with Gasteiger partial charge in [-0.05, 0) is 56.4 Å². The molecule has 0 spiro atoms. The minimum Gasteiger partial charge on any atom is -0.493 e. The molecule has 29 heavy (non-hydrogen) atoms. The van der Waals surface area contributed by atoms with E-state index < -0.39 is 0 Å². The van der Waals surface area contributed by atoms with Crippen molar-refractivity contribution < 1.29 is 9.47 Å². The number of nitrogens with zero attached hydrogens (tertiary/aromatic N) is 4. The van der Waals surface area contributed by atoms with Crippen LogP contribution in [0.15, 0.2) is 42.5 Å².